The van der Waals surface area contributed by atoms with Gasteiger partial charge in [-0.2, -0.15) is 0 Å². The van der Waals surface area contributed by atoms with Gasteiger partial charge in [0.2, 0.25) is 0 Å². The van der Waals surface area contributed by atoms with E-state index in [1.165, 1.54) is 13.2 Å². The van der Waals surface area contributed by atoms with Crippen LogP contribution in [-0.4, -0.2) is 31.3 Å². The Bertz CT molecular complexity index is 271. The first kappa shape index (κ1) is 14.5. The first-order valence-electron chi connectivity index (χ1n) is 5.10. The first-order valence-corrected chi connectivity index (χ1v) is 5.10. The molecule has 0 atom stereocenters. The van der Waals surface area contributed by atoms with Gasteiger partial charge in [-0.3, -0.25) is 0 Å². The fourth-order valence-electron chi connectivity index (χ4n) is 1.02. The van der Waals surface area contributed by atoms with Crippen LogP contribution >= 0.6 is 0 Å². The lowest BCUT2D eigenvalue weighted by molar-refractivity contribution is -0.137. The van der Waals surface area contributed by atoms with Crippen LogP contribution in [0, 0.1) is 0 Å². The Morgan fingerprint density at radius 2 is 2.00 bits per heavy atom. The number of methoxy groups -OCH3 is 1. The number of carbonyl (C=O) groups is 2. The minimum Gasteiger partial charge on any atom is -0.463 e. The molecule has 0 spiro atoms. The number of rotatable bonds is 5. The molecule has 0 saturated carbocycles. The van der Waals surface area contributed by atoms with Crippen molar-refractivity contribution in [2.75, 3.05) is 13.7 Å². The molecule has 1 N–H and O–H groups in total. The summed E-state index contributed by atoms with van der Waals surface area (Å²) in [7, 11) is 1.31. The molecule has 0 aromatic heterocycles. The number of nitrogens with one attached hydrogen (secondary N) is 1. The van der Waals surface area contributed by atoms with Gasteiger partial charge in [0.1, 0.15) is 0 Å². The van der Waals surface area contributed by atoms with Crippen LogP contribution in [0.15, 0.2) is 12.2 Å². The van der Waals surface area contributed by atoms with Crippen LogP contribution in [0.5, 0.6) is 0 Å². The molecule has 0 fully saturated rings. The normalized spacial score (nSPS) is 11.2. The zero-order chi connectivity index (χ0) is 12.6. The molecule has 0 saturated heterocycles. The van der Waals surface area contributed by atoms with Gasteiger partial charge in [-0.05, 0) is 27.2 Å². The second-order valence-electron chi connectivity index (χ2n) is 3.86. The Labute approximate surface area is 95.8 Å². The van der Waals surface area contributed by atoms with Gasteiger partial charge in [0.05, 0.1) is 13.7 Å². The van der Waals surface area contributed by atoms with Gasteiger partial charge in [0, 0.05) is 11.6 Å². The smallest absolute Gasteiger partial charge is 0.407 e. The van der Waals surface area contributed by atoms with Crippen molar-refractivity contribution >= 4 is 12.1 Å². The summed E-state index contributed by atoms with van der Waals surface area (Å²) >= 11 is 0. The van der Waals surface area contributed by atoms with E-state index < -0.39 is 11.6 Å². The molecule has 92 valence electrons. The molecule has 16 heavy (non-hydrogen) atoms. The van der Waals surface area contributed by atoms with E-state index in [1.54, 1.807) is 13.0 Å². The molecule has 0 aliphatic heterocycles. The van der Waals surface area contributed by atoms with Gasteiger partial charge >= 0.3 is 12.1 Å². The van der Waals surface area contributed by atoms with Gasteiger partial charge in [-0.15, -0.1) is 0 Å². The van der Waals surface area contributed by atoms with Crippen LogP contribution in [-0.2, 0) is 14.3 Å². The highest BCUT2D eigenvalue weighted by molar-refractivity contribution is 5.81. The largest absolute Gasteiger partial charge is 0.463 e. The molecular weight excluding hydrogens is 210 g/mol. The summed E-state index contributed by atoms with van der Waals surface area (Å²) in [5.74, 6) is -0.378. The van der Waals surface area contributed by atoms with Crippen molar-refractivity contribution < 1.29 is 19.1 Å². The summed E-state index contributed by atoms with van der Waals surface area (Å²) in [6.07, 6.45) is 3.04. The SMILES string of the molecule is CCOC(=O)/C=C/CC(C)(C)NC(=O)OC. The number of carbonyl (C=O) groups excluding carboxylic acids is 2. The Hall–Kier alpha value is -1.52. The molecule has 5 heteroatoms. The molecule has 0 bridgehead atoms. The van der Waals surface area contributed by atoms with Crippen LogP contribution in [0.25, 0.3) is 0 Å². The second kappa shape index (κ2) is 6.87. The molecule has 0 aliphatic rings. The fraction of sp³-hybridized carbons (Fsp3) is 0.636. The van der Waals surface area contributed by atoms with Crippen molar-refractivity contribution in [3.63, 3.8) is 0 Å². The predicted molar refractivity (Wildman–Crippen MR) is 60.0 cm³/mol. The summed E-state index contributed by atoms with van der Waals surface area (Å²) in [6, 6.07) is 0. The van der Waals surface area contributed by atoms with E-state index in [1.807, 2.05) is 13.8 Å². The third-order valence-corrected chi connectivity index (χ3v) is 1.79. The molecular formula is C11H19NO4. The van der Waals surface area contributed by atoms with Crippen LogP contribution in [0.2, 0.25) is 0 Å². The number of ether oxygens (including phenoxy) is 2. The number of hydrogen-bond donors (Lipinski definition) is 1. The van der Waals surface area contributed by atoms with E-state index in [2.05, 4.69) is 10.1 Å². The highest BCUT2D eigenvalue weighted by Gasteiger charge is 2.18. The maximum atomic E-state index is 11.0. The maximum Gasteiger partial charge on any atom is 0.407 e. The Morgan fingerprint density at radius 3 is 2.50 bits per heavy atom. The lowest BCUT2D eigenvalue weighted by atomic mass is 10.0. The quantitative estimate of drug-likeness (QED) is 0.575. The summed E-state index contributed by atoms with van der Waals surface area (Å²) in [5, 5.41) is 2.65. The van der Waals surface area contributed by atoms with Crippen molar-refractivity contribution in [1.82, 2.24) is 5.32 Å². The molecule has 1 amide bonds. The second-order valence-corrected chi connectivity index (χ2v) is 3.86. The lowest BCUT2D eigenvalue weighted by Crippen LogP contribution is -2.42. The van der Waals surface area contributed by atoms with Crippen molar-refractivity contribution in [3.8, 4) is 0 Å². The number of amides is 1. The molecule has 0 aliphatic carbocycles. The number of alkyl carbamates (subject to hydrolysis) is 1. The molecule has 0 radical (unpaired) electrons. The van der Waals surface area contributed by atoms with Crippen molar-refractivity contribution in [3.05, 3.63) is 12.2 Å². The highest BCUT2D eigenvalue weighted by Crippen LogP contribution is 2.09. The van der Waals surface area contributed by atoms with Crippen molar-refractivity contribution in [2.45, 2.75) is 32.7 Å². The number of hydrogen-bond acceptors (Lipinski definition) is 4. The standard InChI is InChI=1S/C11H19NO4/c1-5-16-9(13)7-6-8-11(2,3)12-10(14)15-4/h6-7H,5,8H2,1-4H3,(H,12,14)/b7-6+. The van der Waals surface area contributed by atoms with E-state index in [0.29, 0.717) is 13.0 Å². The molecule has 0 aromatic carbocycles. The third kappa shape index (κ3) is 6.86. The van der Waals surface area contributed by atoms with Crippen LogP contribution in [0.4, 0.5) is 4.79 Å². The van der Waals surface area contributed by atoms with Crippen LogP contribution < -0.4 is 5.32 Å². The van der Waals surface area contributed by atoms with E-state index in [4.69, 9.17) is 4.74 Å². The summed E-state index contributed by atoms with van der Waals surface area (Å²) in [5.41, 5.74) is -0.462. The summed E-state index contributed by atoms with van der Waals surface area (Å²) in [4.78, 5) is 22.0. The molecule has 0 aromatic rings. The average Bonchev–Trinajstić information content (AvgIpc) is 2.16. The van der Waals surface area contributed by atoms with Gasteiger partial charge in [0.25, 0.3) is 0 Å². The van der Waals surface area contributed by atoms with Crippen molar-refractivity contribution in [2.24, 2.45) is 0 Å². The molecule has 0 heterocycles. The number of esters is 1. The van der Waals surface area contributed by atoms with E-state index in [0.717, 1.165) is 0 Å². The van der Waals surface area contributed by atoms with Gasteiger partial charge < -0.3 is 14.8 Å². The van der Waals surface area contributed by atoms with Gasteiger partial charge in [-0.25, -0.2) is 9.59 Å². The predicted octanol–water partition coefficient (Wildman–Crippen LogP) is 1.63. The van der Waals surface area contributed by atoms with E-state index in [9.17, 15) is 9.59 Å². The van der Waals surface area contributed by atoms with Crippen LogP contribution in [0.3, 0.4) is 0 Å². The van der Waals surface area contributed by atoms with Crippen molar-refractivity contribution in [1.29, 1.82) is 0 Å². The zero-order valence-electron chi connectivity index (χ0n) is 10.2. The minimum absolute atomic E-state index is 0.354. The zero-order valence-corrected chi connectivity index (χ0v) is 10.2. The topological polar surface area (TPSA) is 64.6 Å². The molecule has 0 rings (SSSR count). The molecule has 0 unspecified atom stereocenters. The first-order chi connectivity index (χ1) is 7.41. The minimum atomic E-state index is -0.491. The average molecular weight is 229 g/mol. The van der Waals surface area contributed by atoms with Crippen LogP contribution in [0.1, 0.15) is 27.2 Å². The third-order valence-electron chi connectivity index (χ3n) is 1.79. The van der Waals surface area contributed by atoms with E-state index >= 15 is 0 Å². The lowest BCUT2D eigenvalue weighted by Gasteiger charge is -2.23. The van der Waals surface area contributed by atoms with Gasteiger partial charge in [-0.1, -0.05) is 6.08 Å². The monoisotopic (exact) mass is 229 g/mol. The summed E-state index contributed by atoms with van der Waals surface area (Å²) in [6.45, 7) is 5.76. The van der Waals surface area contributed by atoms with Gasteiger partial charge in [0.15, 0.2) is 0 Å². The Balaban J connectivity index is 4.07. The Morgan fingerprint density at radius 1 is 1.38 bits per heavy atom. The summed E-state index contributed by atoms with van der Waals surface area (Å²) < 4.78 is 9.21. The van der Waals surface area contributed by atoms with E-state index in [-0.39, 0.29) is 5.97 Å². The maximum absolute atomic E-state index is 11.0. The highest BCUT2D eigenvalue weighted by atomic mass is 16.5. The Kier molecular flexibility index (Phi) is 6.22. The molecule has 5 nitrogen and oxygen atoms in total. The fourth-order valence-corrected chi connectivity index (χ4v) is 1.02.